The quantitative estimate of drug-likeness (QED) is 0.541. The van der Waals surface area contributed by atoms with Crippen molar-refractivity contribution in [1.82, 2.24) is 18.7 Å². The fraction of sp³-hybridized carbons (Fsp3) is 0.375. The van der Waals surface area contributed by atoms with Gasteiger partial charge in [-0.1, -0.05) is 22.6 Å². The van der Waals surface area contributed by atoms with Crippen molar-refractivity contribution >= 4 is 33.8 Å². The van der Waals surface area contributed by atoms with Crippen LogP contribution in [0.5, 0.6) is 0 Å². The number of nitrogens with zero attached hydrogens (tertiary/aromatic N) is 4. The van der Waals surface area contributed by atoms with Crippen LogP contribution in [-0.2, 0) is 18.6 Å². The molecular formula is C8H9IN4O2. The lowest BCUT2D eigenvalue weighted by Crippen LogP contribution is -2.38. The molecule has 15 heavy (non-hydrogen) atoms. The van der Waals surface area contributed by atoms with Crippen LogP contribution in [0.2, 0.25) is 0 Å². The Morgan fingerprint density at radius 3 is 2.67 bits per heavy atom. The minimum absolute atomic E-state index is 0.289. The molecule has 0 saturated heterocycles. The van der Waals surface area contributed by atoms with Crippen molar-refractivity contribution in [2.45, 2.75) is 4.55 Å². The molecule has 0 aliphatic heterocycles. The van der Waals surface area contributed by atoms with Crippen molar-refractivity contribution in [1.29, 1.82) is 0 Å². The number of hydrogen-bond donors (Lipinski definition) is 0. The van der Waals surface area contributed by atoms with E-state index in [4.69, 9.17) is 0 Å². The Kier molecular flexibility index (Phi) is 2.41. The van der Waals surface area contributed by atoms with Gasteiger partial charge in [0.25, 0.3) is 5.56 Å². The number of rotatable bonds is 1. The molecule has 0 radical (unpaired) electrons. The predicted octanol–water partition coefficient (Wildman–Crippen LogP) is -0.174. The number of imidazole rings is 1. The van der Waals surface area contributed by atoms with Gasteiger partial charge in [-0.15, -0.1) is 0 Å². The summed E-state index contributed by atoms with van der Waals surface area (Å²) in [5.41, 5.74) is 0.255. The van der Waals surface area contributed by atoms with Crippen molar-refractivity contribution in [2.24, 2.45) is 14.1 Å². The van der Waals surface area contributed by atoms with Crippen LogP contribution in [0.3, 0.4) is 0 Å². The minimum atomic E-state index is -0.333. The van der Waals surface area contributed by atoms with E-state index in [-0.39, 0.29) is 11.2 Å². The van der Waals surface area contributed by atoms with E-state index in [1.807, 2.05) is 22.6 Å². The molecule has 6 nitrogen and oxygen atoms in total. The van der Waals surface area contributed by atoms with Crippen LogP contribution in [-0.4, -0.2) is 18.7 Å². The van der Waals surface area contributed by atoms with Crippen LogP contribution in [0.4, 0.5) is 0 Å². The second-order valence-electron chi connectivity index (χ2n) is 3.22. The fourth-order valence-electron chi connectivity index (χ4n) is 1.50. The number of fused-ring (bicyclic) bond motifs is 1. The van der Waals surface area contributed by atoms with Gasteiger partial charge >= 0.3 is 5.69 Å². The largest absolute Gasteiger partial charge is 0.333 e. The number of hydrogen-bond acceptors (Lipinski definition) is 3. The Balaban J connectivity index is 3.13. The van der Waals surface area contributed by atoms with E-state index in [1.165, 1.54) is 15.5 Å². The second kappa shape index (κ2) is 3.47. The van der Waals surface area contributed by atoms with E-state index in [0.29, 0.717) is 15.7 Å². The molecule has 2 aromatic rings. The molecule has 0 N–H and O–H groups in total. The summed E-state index contributed by atoms with van der Waals surface area (Å²) in [5.74, 6) is 0. The van der Waals surface area contributed by atoms with Gasteiger partial charge in [0.15, 0.2) is 11.2 Å². The fourth-order valence-corrected chi connectivity index (χ4v) is 2.10. The Morgan fingerprint density at radius 2 is 2.07 bits per heavy atom. The Morgan fingerprint density at radius 1 is 1.40 bits per heavy atom. The number of alkyl halides is 1. The summed E-state index contributed by atoms with van der Waals surface area (Å²) in [6.07, 6.45) is 1.53. The average molecular weight is 320 g/mol. The van der Waals surface area contributed by atoms with Gasteiger partial charge in [-0.2, -0.15) is 0 Å². The van der Waals surface area contributed by atoms with Crippen LogP contribution in [0.15, 0.2) is 15.9 Å². The summed E-state index contributed by atoms with van der Waals surface area (Å²) < 4.78 is 4.53. The number of aromatic nitrogens is 4. The second-order valence-corrected chi connectivity index (χ2v) is 3.90. The predicted molar refractivity (Wildman–Crippen MR) is 64.2 cm³/mol. The first-order chi connectivity index (χ1) is 7.07. The van der Waals surface area contributed by atoms with Crippen molar-refractivity contribution in [3.05, 3.63) is 27.2 Å². The lowest BCUT2D eigenvalue weighted by molar-refractivity contribution is 0.706. The first-order valence-electron chi connectivity index (χ1n) is 4.24. The standard InChI is InChI=1S/C8H9IN4O2/c1-11-4-10-6-5(11)7(14)13(3-9)8(15)12(6)2/h4H,3H2,1-2H3. The van der Waals surface area contributed by atoms with Gasteiger partial charge in [0.05, 0.1) is 10.9 Å². The third kappa shape index (κ3) is 1.33. The van der Waals surface area contributed by atoms with Crippen LogP contribution in [0, 0.1) is 0 Å². The van der Waals surface area contributed by atoms with E-state index in [1.54, 1.807) is 18.7 Å². The molecule has 0 aliphatic rings. The molecule has 80 valence electrons. The van der Waals surface area contributed by atoms with Gasteiger partial charge in [-0.05, 0) is 0 Å². The van der Waals surface area contributed by atoms with E-state index in [2.05, 4.69) is 4.98 Å². The summed E-state index contributed by atoms with van der Waals surface area (Å²) in [4.78, 5) is 27.6. The zero-order chi connectivity index (χ0) is 11.2. The molecule has 2 heterocycles. The van der Waals surface area contributed by atoms with E-state index >= 15 is 0 Å². The molecule has 0 unspecified atom stereocenters. The number of aryl methyl sites for hydroxylation is 2. The third-order valence-electron chi connectivity index (χ3n) is 2.32. The van der Waals surface area contributed by atoms with Gasteiger partial charge in [0, 0.05) is 14.1 Å². The summed E-state index contributed by atoms with van der Waals surface area (Å²) in [6, 6.07) is 0. The van der Waals surface area contributed by atoms with Gasteiger partial charge in [-0.3, -0.25) is 9.36 Å². The lowest BCUT2D eigenvalue weighted by Gasteiger charge is -2.04. The van der Waals surface area contributed by atoms with E-state index < -0.39 is 0 Å². The Labute approximate surface area is 98.3 Å². The van der Waals surface area contributed by atoms with E-state index in [0.717, 1.165) is 0 Å². The third-order valence-corrected chi connectivity index (χ3v) is 3.00. The zero-order valence-electron chi connectivity index (χ0n) is 8.27. The molecule has 0 fully saturated rings. The Bertz CT molecular complexity index is 636. The molecular weight excluding hydrogens is 311 g/mol. The van der Waals surface area contributed by atoms with Gasteiger partial charge in [-0.25, -0.2) is 14.3 Å². The topological polar surface area (TPSA) is 61.8 Å². The molecule has 0 amide bonds. The first-order valence-corrected chi connectivity index (χ1v) is 5.77. The first kappa shape index (κ1) is 10.4. The highest BCUT2D eigenvalue weighted by Crippen LogP contribution is 2.03. The molecule has 0 atom stereocenters. The van der Waals surface area contributed by atoms with Crippen molar-refractivity contribution in [2.75, 3.05) is 0 Å². The van der Waals surface area contributed by atoms with Crippen LogP contribution in [0.25, 0.3) is 11.2 Å². The van der Waals surface area contributed by atoms with Crippen LogP contribution < -0.4 is 11.2 Å². The summed E-state index contributed by atoms with van der Waals surface area (Å²) >= 11 is 1.98. The van der Waals surface area contributed by atoms with Crippen LogP contribution >= 0.6 is 22.6 Å². The maximum absolute atomic E-state index is 11.9. The molecule has 0 aromatic carbocycles. The summed E-state index contributed by atoms with van der Waals surface area (Å²) in [7, 11) is 3.35. The van der Waals surface area contributed by atoms with E-state index in [9.17, 15) is 9.59 Å². The summed E-state index contributed by atoms with van der Waals surface area (Å²) in [6.45, 7) is 0. The van der Waals surface area contributed by atoms with Crippen molar-refractivity contribution in [3.8, 4) is 0 Å². The molecule has 0 saturated carbocycles. The average Bonchev–Trinajstić information content (AvgIpc) is 2.58. The molecule has 0 aliphatic carbocycles. The van der Waals surface area contributed by atoms with Gasteiger partial charge in [0.2, 0.25) is 0 Å². The maximum atomic E-state index is 11.9. The molecule has 2 aromatic heterocycles. The normalized spacial score (nSPS) is 11.1. The molecule has 7 heteroatoms. The smallest absolute Gasteiger partial charge is 0.328 e. The van der Waals surface area contributed by atoms with Gasteiger partial charge < -0.3 is 4.57 Å². The highest BCUT2D eigenvalue weighted by atomic mass is 127. The highest BCUT2D eigenvalue weighted by molar-refractivity contribution is 14.1. The molecule has 0 spiro atoms. The van der Waals surface area contributed by atoms with Gasteiger partial charge in [0.1, 0.15) is 0 Å². The molecule has 0 bridgehead atoms. The van der Waals surface area contributed by atoms with Crippen molar-refractivity contribution in [3.63, 3.8) is 0 Å². The van der Waals surface area contributed by atoms with Crippen LogP contribution in [0.1, 0.15) is 0 Å². The molecule has 2 rings (SSSR count). The lowest BCUT2D eigenvalue weighted by atomic mass is 10.5. The summed E-state index contributed by atoms with van der Waals surface area (Å²) in [5, 5.41) is 0. The monoisotopic (exact) mass is 320 g/mol. The Hall–Kier alpha value is -1.12. The number of halogens is 1. The maximum Gasteiger partial charge on any atom is 0.333 e. The SMILES string of the molecule is Cn1cnc2c1c(=O)n(CI)c(=O)n2C. The minimum Gasteiger partial charge on any atom is -0.328 e. The zero-order valence-corrected chi connectivity index (χ0v) is 10.4. The highest BCUT2D eigenvalue weighted by Gasteiger charge is 2.13. The van der Waals surface area contributed by atoms with Crippen molar-refractivity contribution < 1.29 is 0 Å².